The number of anilines is 1. The molecule has 10 heteroatoms. The monoisotopic (exact) mass is 335 g/mol. The van der Waals surface area contributed by atoms with Crippen LogP contribution in [0.2, 0.25) is 0 Å². The number of rotatable bonds is 3. The Morgan fingerprint density at radius 3 is 3.04 bits per heavy atom. The second-order valence-electron chi connectivity index (χ2n) is 5.99. The number of aromatic nitrogens is 4. The van der Waals surface area contributed by atoms with Crippen molar-refractivity contribution >= 4 is 23.0 Å². The van der Waals surface area contributed by atoms with Gasteiger partial charge in [0.2, 0.25) is 0 Å². The lowest BCUT2D eigenvalue weighted by molar-refractivity contribution is -0.148. The minimum absolute atomic E-state index is 0.206. The number of nitrogens with two attached hydrogens (primary N) is 1. The Balaban J connectivity index is 1.66. The molecular weight excluding hydrogens is 318 g/mol. The van der Waals surface area contributed by atoms with Gasteiger partial charge >= 0.3 is 5.97 Å². The van der Waals surface area contributed by atoms with Crippen LogP contribution < -0.4 is 5.73 Å². The normalized spacial score (nSPS) is 34.8. The van der Waals surface area contributed by atoms with Crippen LogP contribution in [0.4, 0.5) is 5.82 Å². The molecule has 2 aromatic heterocycles. The van der Waals surface area contributed by atoms with E-state index in [0.29, 0.717) is 17.6 Å². The second-order valence-corrected chi connectivity index (χ2v) is 5.99. The van der Waals surface area contributed by atoms with Gasteiger partial charge in [0.1, 0.15) is 29.7 Å². The van der Waals surface area contributed by atoms with Crippen LogP contribution in [0.3, 0.4) is 0 Å². The third-order valence-electron chi connectivity index (χ3n) is 4.64. The molecule has 10 nitrogen and oxygen atoms in total. The van der Waals surface area contributed by atoms with Gasteiger partial charge in [-0.1, -0.05) is 0 Å². The molecule has 3 heterocycles. The largest absolute Gasteiger partial charge is 0.466 e. The molecule has 128 valence electrons. The van der Waals surface area contributed by atoms with Crippen LogP contribution in [0.25, 0.3) is 11.2 Å². The highest BCUT2D eigenvalue weighted by Gasteiger charge is 2.72. The average molecular weight is 335 g/mol. The molecule has 24 heavy (non-hydrogen) atoms. The van der Waals surface area contributed by atoms with Crippen molar-refractivity contribution in [3.8, 4) is 0 Å². The van der Waals surface area contributed by atoms with E-state index in [1.165, 1.54) is 17.2 Å². The third-order valence-corrected chi connectivity index (χ3v) is 4.64. The maximum absolute atomic E-state index is 11.9. The summed E-state index contributed by atoms with van der Waals surface area (Å²) in [6, 6.07) is 0. The van der Waals surface area contributed by atoms with E-state index in [0.717, 1.165) is 0 Å². The van der Waals surface area contributed by atoms with Gasteiger partial charge in [-0.15, -0.1) is 0 Å². The van der Waals surface area contributed by atoms with E-state index >= 15 is 0 Å². The molecule has 1 unspecified atom stereocenters. The maximum Gasteiger partial charge on any atom is 0.312 e. The summed E-state index contributed by atoms with van der Waals surface area (Å²) in [4.78, 5) is 24.0. The quantitative estimate of drug-likeness (QED) is 0.600. The summed E-state index contributed by atoms with van der Waals surface area (Å²) in [5.41, 5.74) is 5.37. The second kappa shape index (κ2) is 5.10. The fourth-order valence-electron chi connectivity index (χ4n) is 3.33. The van der Waals surface area contributed by atoms with Crippen LogP contribution >= 0.6 is 0 Å². The van der Waals surface area contributed by atoms with Crippen molar-refractivity contribution in [1.29, 1.82) is 0 Å². The highest BCUT2D eigenvalue weighted by Crippen LogP contribution is 2.58. The lowest BCUT2D eigenvalue weighted by Crippen LogP contribution is -2.35. The highest BCUT2D eigenvalue weighted by molar-refractivity contribution is 5.81. The number of fused-ring (bicyclic) bond motifs is 1. The maximum atomic E-state index is 11.9. The van der Waals surface area contributed by atoms with Gasteiger partial charge in [-0.2, -0.15) is 0 Å². The summed E-state index contributed by atoms with van der Waals surface area (Å²) < 4.78 is 12.3. The van der Waals surface area contributed by atoms with Crippen molar-refractivity contribution < 1.29 is 24.5 Å². The molecule has 2 fully saturated rings. The molecule has 1 aliphatic carbocycles. The standard InChI is InChI=1S/C14H17N5O5/c1-2-23-13(22)6-3-14(6)9(21)8(20)12(24-14)19-5-18-7-10(15)16-4-17-11(7)19/h4-6,8-9,12,20-21H,2-3H2,1H3,(H2,15,16,17)/t6-,8+,9?,12-,14+/m1/s1. The SMILES string of the molecule is CCOC(=O)[C@H]1C[C@]12O[C@@H](n1cnc3c(N)ncnc31)[C@@H](O)C2O. The number of aliphatic hydroxyl groups excluding tert-OH is 2. The van der Waals surface area contributed by atoms with Crippen LogP contribution in [0.1, 0.15) is 19.6 Å². The minimum atomic E-state index is -1.24. The van der Waals surface area contributed by atoms with E-state index in [9.17, 15) is 15.0 Å². The number of ether oxygens (including phenoxy) is 2. The number of nitrogen functional groups attached to an aromatic ring is 1. The van der Waals surface area contributed by atoms with E-state index in [4.69, 9.17) is 15.2 Å². The molecule has 2 aliphatic rings. The first-order chi connectivity index (χ1) is 11.5. The van der Waals surface area contributed by atoms with Crippen molar-refractivity contribution in [2.24, 2.45) is 5.92 Å². The Kier molecular flexibility index (Phi) is 3.24. The predicted molar refractivity (Wildman–Crippen MR) is 79.3 cm³/mol. The van der Waals surface area contributed by atoms with Gasteiger partial charge in [-0.3, -0.25) is 9.36 Å². The van der Waals surface area contributed by atoms with Crippen LogP contribution in [-0.4, -0.2) is 60.1 Å². The Labute approximate surface area is 136 Å². The lowest BCUT2D eigenvalue weighted by atomic mass is 10.1. The third kappa shape index (κ3) is 1.93. The van der Waals surface area contributed by atoms with Gasteiger partial charge in [-0.25, -0.2) is 15.0 Å². The minimum Gasteiger partial charge on any atom is -0.466 e. The van der Waals surface area contributed by atoms with Crippen molar-refractivity contribution in [3.05, 3.63) is 12.7 Å². The zero-order chi connectivity index (χ0) is 17.1. The van der Waals surface area contributed by atoms with Gasteiger partial charge in [0.25, 0.3) is 0 Å². The molecule has 1 saturated heterocycles. The molecule has 0 amide bonds. The number of aliphatic hydroxyl groups is 2. The molecule has 0 radical (unpaired) electrons. The summed E-state index contributed by atoms with van der Waals surface area (Å²) in [6.45, 7) is 1.95. The molecule has 1 saturated carbocycles. The van der Waals surface area contributed by atoms with Gasteiger partial charge in [0.15, 0.2) is 17.7 Å². The van der Waals surface area contributed by atoms with Crippen LogP contribution in [-0.2, 0) is 14.3 Å². The topological polar surface area (TPSA) is 146 Å². The predicted octanol–water partition coefficient (Wildman–Crippen LogP) is -1.02. The Morgan fingerprint density at radius 1 is 1.50 bits per heavy atom. The first-order valence-electron chi connectivity index (χ1n) is 7.63. The summed E-state index contributed by atoms with van der Waals surface area (Å²) >= 11 is 0. The molecule has 4 rings (SSSR count). The summed E-state index contributed by atoms with van der Waals surface area (Å²) in [5, 5.41) is 20.8. The van der Waals surface area contributed by atoms with E-state index < -0.39 is 35.9 Å². The van der Waals surface area contributed by atoms with E-state index in [1.54, 1.807) is 6.92 Å². The zero-order valence-corrected chi connectivity index (χ0v) is 12.9. The fourth-order valence-corrected chi connectivity index (χ4v) is 3.33. The Hall–Kier alpha value is -2.30. The molecule has 0 bridgehead atoms. The van der Waals surface area contributed by atoms with Crippen molar-refractivity contribution in [1.82, 2.24) is 19.5 Å². The Morgan fingerprint density at radius 2 is 2.29 bits per heavy atom. The van der Waals surface area contributed by atoms with Crippen molar-refractivity contribution in [2.45, 2.75) is 37.4 Å². The smallest absolute Gasteiger partial charge is 0.312 e. The molecular formula is C14H17N5O5. The fraction of sp³-hybridized carbons (Fsp3) is 0.571. The zero-order valence-electron chi connectivity index (χ0n) is 12.9. The molecule has 5 atom stereocenters. The first kappa shape index (κ1) is 15.2. The number of nitrogens with zero attached hydrogens (tertiary/aromatic N) is 4. The van der Waals surface area contributed by atoms with E-state index in [1.807, 2.05) is 0 Å². The summed E-state index contributed by atoms with van der Waals surface area (Å²) in [6.07, 6.45) is -0.395. The number of carbonyl (C=O) groups is 1. The number of hydrogen-bond donors (Lipinski definition) is 3. The van der Waals surface area contributed by atoms with Gasteiger partial charge in [-0.05, 0) is 13.3 Å². The molecule has 0 aromatic carbocycles. The first-order valence-corrected chi connectivity index (χ1v) is 7.63. The lowest BCUT2D eigenvalue weighted by Gasteiger charge is -2.16. The molecule has 1 spiro atoms. The number of hydrogen-bond acceptors (Lipinski definition) is 9. The van der Waals surface area contributed by atoms with Gasteiger partial charge in [0, 0.05) is 0 Å². The van der Waals surface area contributed by atoms with Crippen molar-refractivity contribution in [3.63, 3.8) is 0 Å². The molecule has 2 aromatic rings. The van der Waals surface area contributed by atoms with Crippen molar-refractivity contribution in [2.75, 3.05) is 12.3 Å². The molecule has 4 N–H and O–H groups in total. The average Bonchev–Trinajstić information content (AvgIpc) is 3.05. The van der Waals surface area contributed by atoms with Crippen LogP contribution in [0, 0.1) is 5.92 Å². The Bertz CT molecular complexity index is 810. The van der Waals surface area contributed by atoms with Crippen LogP contribution in [0.5, 0.6) is 0 Å². The van der Waals surface area contributed by atoms with E-state index in [-0.39, 0.29) is 12.4 Å². The van der Waals surface area contributed by atoms with Gasteiger partial charge < -0.3 is 25.4 Å². The van der Waals surface area contributed by atoms with E-state index in [2.05, 4.69) is 15.0 Å². The number of esters is 1. The summed E-state index contributed by atoms with van der Waals surface area (Å²) in [5.74, 6) is -0.828. The highest BCUT2D eigenvalue weighted by atomic mass is 16.6. The van der Waals surface area contributed by atoms with Crippen LogP contribution in [0.15, 0.2) is 12.7 Å². The molecule has 1 aliphatic heterocycles. The summed E-state index contributed by atoms with van der Waals surface area (Å²) in [7, 11) is 0. The number of imidazole rings is 1. The number of carbonyl (C=O) groups excluding carboxylic acids is 1. The van der Waals surface area contributed by atoms with Gasteiger partial charge in [0.05, 0.1) is 18.9 Å².